The molecule has 0 aliphatic rings. The molecule has 30 heavy (non-hydrogen) atoms. The molecular weight excluding hydrogens is 418 g/mol. The highest BCUT2D eigenvalue weighted by Gasteiger charge is 2.22. The molecule has 1 amide bonds. The third-order valence-electron chi connectivity index (χ3n) is 4.52. The highest BCUT2D eigenvalue weighted by atomic mass is 32.2. The average molecular weight is 442 g/mol. The maximum atomic E-state index is 12.8. The minimum absolute atomic E-state index is 0.107. The second kappa shape index (κ2) is 9.34. The van der Waals surface area contributed by atoms with Crippen molar-refractivity contribution in [2.24, 2.45) is 0 Å². The fourth-order valence-electron chi connectivity index (χ4n) is 3.00. The number of amides is 1. The summed E-state index contributed by atoms with van der Waals surface area (Å²) in [7, 11) is -3.70. The molecule has 0 radical (unpaired) electrons. The summed E-state index contributed by atoms with van der Waals surface area (Å²) < 4.78 is 27.8. The summed E-state index contributed by atoms with van der Waals surface area (Å²) in [5.74, 6) is -0.343. The van der Waals surface area contributed by atoms with E-state index >= 15 is 0 Å². The number of aryl methyl sites for hydroxylation is 1. The molecule has 3 aromatic rings. The molecule has 0 aliphatic heterocycles. The second-order valence-corrected chi connectivity index (χ2v) is 9.48. The summed E-state index contributed by atoms with van der Waals surface area (Å²) in [6.07, 6.45) is 3.90. The van der Waals surface area contributed by atoms with Gasteiger partial charge in [-0.1, -0.05) is 42.5 Å². The first kappa shape index (κ1) is 21.9. The Bertz CT molecular complexity index is 1170. The number of para-hydroxylation sites is 1. The number of anilines is 1. The molecule has 0 fully saturated rings. The number of hydrogen-bond acceptors (Lipinski definition) is 5. The van der Waals surface area contributed by atoms with Crippen molar-refractivity contribution in [2.75, 3.05) is 18.4 Å². The minimum atomic E-state index is -3.70. The van der Waals surface area contributed by atoms with Gasteiger partial charge in [-0.25, -0.2) is 13.4 Å². The summed E-state index contributed by atoms with van der Waals surface area (Å²) in [5.41, 5.74) is 2.37. The molecule has 0 saturated carbocycles. The maximum Gasteiger partial charge on any atom is 0.257 e. The lowest BCUT2D eigenvalue weighted by Gasteiger charge is -2.19. The summed E-state index contributed by atoms with van der Waals surface area (Å²) in [6.45, 7) is 9.60. The van der Waals surface area contributed by atoms with E-state index in [0.29, 0.717) is 10.7 Å². The van der Waals surface area contributed by atoms with Crippen molar-refractivity contribution in [3.05, 3.63) is 78.9 Å². The number of rotatable bonds is 9. The van der Waals surface area contributed by atoms with Crippen LogP contribution >= 0.6 is 11.3 Å². The van der Waals surface area contributed by atoms with Crippen molar-refractivity contribution in [1.29, 1.82) is 0 Å². The van der Waals surface area contributed by atoms with Crippen molar-refractivity contribution < 1.29 is 13.2 Å². The quantitative estimate of drug-likeness (QED) is 0.497. The van der Waals surface area contributed by atoms with Crippen LogP contribution in [0.25, 0.3) is 10.2 Å². The Morgan fingerprint density at radius 3 is 2.40 bits per heavy atom. The molecule has 1 aromatic heterocycles. The summed E-state index contributed by atoms with van der Waals surface area (Å²) in [6, 6.07) is 11.8. The van der Waals surface area contributed by atoms with Crippen molar-refractivity contribution in [1.82, 2.24) is 9.29 Å². The number of aromatic nitrogens is 1. The van der Waals surface area contributed by atoms with Crippen LogP contribution in [0.5, 0.6) is 0 Å². The smallest absolute Gasteiger partial charge is 0.257 e. The maximum absolute atomic E-state index is 12.8. The van der Waals surface area contributed by atoms with Gasteiger partial charge in [0, 0.05) is 18.7 Å². The highest BCUT2D eigenvalue weighted by Crippen LogP contribution is 2.29. The van der Waals surface area contributed by atoms with Crippen molar-refractivity contribution in [3.8, 4) is 0 Å². The van der Waals surface area contributed by atoms with Gasteiger partial charge in [-0.05, 0) is 42.3 Å². The van der Waals surface area contributed by atoms with Crippen LogP contribution in [0.3, 0.4) is 0 Å². The molecule has 0 unspecified atom stereocenters. The van der Waals surface area contributed by atoms with E-state index in [9.17, 15) is 13.2 Å². The van der Waals surface area contributed by atoms with E-state index in [4.69, 9.17) is 0 Å². The molecule has 8 heteroatoms. The monoisotopic (exact) mass is 441 g/mol. The Balaban J connectivity index is 1.80. The fraction of sp³-hybridized carbons (Fsp3) is 0.182. The molecule has 3 rings (SSSR count). The molecule has 0 aliphatic carbocycles. The molecule has 6 nitrogen and oxygen atoms in total. The van der Waals surface area contributed by atoms with Crippen molar-refractivity contribution >= 4 is 42.6 Å². The Morgan fingerprint density at radius 1 is 1.13 bits per heavy atom. The lowest BCUT2D eigenvalue weighted by atomic mass is 10.1. The number of carbonyl (C=O) groups excluding carboxylic acids is 1. The van der Waals surface area contributed by atoms with E-state index in [1.54, 1.807) is 0 Å². The first-order chi connectivity index (χ1) is 14.4. The van der Waals surface area contributed by atoms with Crippen LogP contribution in [0.4, 0.5) is 5.13 Å². The number of nitrogens with zero attached hydrogens (tertiary/aromatic N) is 2. The van der Waals surface area contributed by atoms with Gasteiger partial charge >= 0.3 is 0 Å². The molecule has 1 heterocycles. The van der Waals surface area contributed by atoms with E-state index < -0.39 is 10.0 Å². The van der Waals surface area contributed by atoms with Gasteiger partial charge in [0.2, 0.25) is 10.0 Å². The highest BCUT2D eigenvalue weighted by molar-refractivity contribution is 7.89. The van der Waals surface area contributed by atoms with Gasteiger partial charge in [0.05, 0.1) is 15.1 Å². The van der Waals surface area contributed by atoms with Crippen molar-refractivity contribution in [3.63, 3.8) is 0 Å². The number of benzene rings is 2. The van der Waals surface area contributed by atoms with Gasteiger partial charge in [-0.15, -0.1) is 13.2 Å². The molecular formula is C22H23N3O3S2. The first-order valence-electron chi connectivity index (χ1n) is 9.42. The van der Waals surface area contributed by atoms with Gasteiger partial charge in [0.15, 0.2) is 5.13 Å². The third kappa shape index (κ3) is 4.51. The lowest BCUT2D eigenvalue weighted by molar-refractivity contribution is 0.102. The van der Waals surface area contributed by atoms with Gasteiger partial charge in [0.25, 0.3) is 5.91 Å². The Labute approximate surface area is 180 Å². The van der Waals surface area contributed by atoms with Crippen LogP contribution in [0.1, 0.15) is 22.8 Å². The van der Waals surface area contributed by atoms with Crippen LogP contribution < -0.4 is 5.32 Å². The van der Waals surface area contributed by atoms with E-state index in [2.05, 4.69) is 30.4 Å². The number of thiazole rings is 1. The van der Waals surface area contributed by atoms with Crippen molar-refractivity contribution in [2.45, 2.75) is 18.2 Å². The molecule has 2 aromatic carbocycles. The Kier molecular flexibility index (Phi) is 6.81. The zero-order valence-corrected chi connectivity index (χ0v) is 18.3. The SMILES string of the molecule is C=CCN(CC=C)S(=O)(=O)c1ccc(C(=O)Nc2nc3c(CC)cccc3s2)cc1. The van der Waals surface area contributed by atoms with Crippen LogP contribution in [0.2, 0.25) is 0 Å². The number of carbonyl (C=O) groups is 1. The average Bonchev–Trinajstić information content (AvgIpc) is 3.16. The summed E-state index contributed by atoms with van der Waals surface area (Å²) >= 11 is 1.41. The number of fused-ring (bicyclic) bond motifs is 1. The molecule has 0 saturated heterocycles. The first-order valence-corrected chi connectivity index (χ1v) is 11.7. The number of sulfonamides is 1. The predicted octanol–water partition coefficient (Wildman–Crippen LogP) is 4.47. The zero-order chi connectivity index (χ0) is 21.7. The number of hydrogen-bond donors (Lipinski definition) is 1. The van der Waals surface area contributed by atoms with Gasteiger partial charge in [-0.2, -0.15) is 4.31 Å². The molecule has 0 atom stereocenters. The van der Waals surface area contributed by atoms with E-state index in [-0.39, 0.29) is 23.9 Å². The van der Waals surface area contributed by atoms with E-state index in [1.165, 1.54) is 52.1 Å². The van der Waals surface area contributed by atoms with Crippen LogP contribution in [-0.4, -0.2) is 36.7 Å². The standard InChI is InChI=1S/C22H23N3O3S2/c1-4-14-25(15-5-2)30(27,28)18-12-10-17(11-13-18)21(26)24-22-23-20-16(6-3)8-7-9-19(20)29-22/h4-5,7-13H,1-2,6,14-15H2,3H3,(H,23,24,26). The normalized spacial score (nSPS) is 11.5. The molecule has 156 valence electrons. The fourth-order valence-corrected chi connectivity index (χ4v) is 5.29. The zero-order valence-electron chi connectivity index (χ0n) is 16.7. The van der Waals surface area contributed by atoms with Gasteiger partial charge in [0.1, 0.15) is 0 Å². The van der Waals surface area contributed by atoms with E-state index in [0.717, 1.165) is 22.2 Å². The third-order valence-corrected chi connectivity index (χ3v) is 7.31. The lowest BCUT2D eigenvalue weighted by Crippen LogP contribution is -2.31. The van der Waals surface area contributed by atoms with E-state index in [1.807, 2.05) is 18.2 Å². The molecule has 1 N–H and O–H groups in total. The predicted molar refractivity (Wildman–Crippen MR) is 123 cm³/mol. The Morgan fingerprint density at radius 2 is 1.80 bits per heavy atom. The van der Waals surface area contributed by atoms with Gasteiger partial charge in [-0.3, -0.25) is 10.1 Å². The van der Waals surface area contributed by atoms with Gasteiger partial charge < -0.3 is 0 Å². The topological polar surface area (TPSA) is 79.4 Å². The summed E-state index contributed by atoms with van der Waals surface area (Å²) in [5, 5.41) is 3.31. The minimum Gasteiger partial charge on any atom is -0.298 e. The molecule has 0 bridgehead atoms. The van der Waals surface area contributed by atoms with Crippen LogP contribution in [0.15, 0.2) is 72.7 Å². The second-order valence-electron chi connectivity index (χ2n) is 6.51. The molecule has 0 spiro atoms. The number of nitrogens with one attached hydrogen (secondary N) is 1. The van der Waals surface area contributed by atoms with Crippen LogP contribution in [0, 0.1) is 0 Å². The summed E-state index contributed by atoms with van der Waals surface area (Å²) in [4.78, 5) is 17.3. The Hall–Kier alpha value is -2.81. The van der Waals surface area contributed by atoms with Crippen LogP contribution in [-0.2, 0) is 16.4 Å². The largest absolute Gasteiger partial charge is 0.298 e.